The number of nitrogens with zero attached hydrogens (tertiary/aromatic N) is 1. The summed E-state index contributed by atoms with van der Waals surface area (Å²) in [7, 11) is 0. The zero-order valence-electron chi connectivity index (χ0n) is 15.2. The molecule has 0 aromatic carbocycles. The number of hydrogen-bond acceptors (Lipinski definition) is 7. The van der Waals surface area contributed by atoms with Crippen molar-refractivity contribution in [1.82, 2.24) is 25.6 Å². The Labute approximate surface area is 162 Å². The molecule has 2 aromatic heterocycles. The van der Waals surface area contributed by atoms with Crippen LogP contribution in [0.2, 0.25) is 0 Å². The smallest absolute Gasteiger partial charge is 0.326 e. The molecule has 2 heterocycles. The summed E-state index contributed by atoms with van der Waals surface area (Å²) in [4.78, 5) is 66.1. The second-order valence-corrected chi connectivity index (χ2v) is 6.18. The van der Waals surface area contributed by atoms with Crippen LogP contribution in [0.1, 0.15) is 25.0 Å². The fraction of sp³-hybridized carbons (Fsp3) is 0.375. The lowest BCUT2D eigenvalue weighted by Crippen LogP contribution is -2.42. The Morgan fingerprint density at radius 1 is 1.14 bits per heavy atom. The van der Waals surface area contributed by atoms with Gasteiger partial charge in [-0.15, -0.1) is 0 Å². The summed E-state index contributed by atoms with van der Waals surface area (Å²) in [5.74, 6) is -3.65. The maximum atomic E-state index is 12.0. The molecule has 156 valence electrons. The number of aliphatic carboxylic acids is 2. The van der Waals surface area contributed by atoms with Crippen LogP contribution in [-0.2, 0) is 25.6 Å². The molecule has 13 nitrogen and oxygen atoms in total. The van der Waals surface area contributed by atoms with E-state index < -0.39 is 41.8 Å². The maximum Gasteiger partial charge on any atom is 0.326 e. The lowest BCUT2D eigenvalue weighted by Gasteiger charge is -2.13. The number of hydrogen-bond donors (Lipinski definition) is 7. The minimum atomic E-state index is -1.34. The minimum Gasteiger partial charge on any atom is -0.481 e. The fourth-order valence-corrected chi connectivity index (χ4v) is 2.53. The van der Waals surface area contributed by atoms with Crippen LogP contribution in [0, 0.1) is 0 Å². The first kappa shape index (κ1) is 21.4. The zero-order chi connectivity index (χ0) is 21.6. The number of rotatable bonds is 10. The topological polar surface area (TPSA) is 220 Å². The third-order valence-corrected chi connectivity index (χ3v) is 3.88. The van der Waals surface area contributed by atoms with E-state index in [1.165, 1.54) is 6.07 Å². The number of H-pyrrole nitrogens is 2. The van der Waals surface area contributed by atoms with Gasteiger partial charge in [-0.2, -0.15) is 4.98 Å². The summed E-state index contributed by atoms with van der Waals surface area (Å²) in [6.45, 7) is -0.0536. The number of amides is 2. The number of carbonyl (C=O) groups is 4. The van der Waals surface area contributed by atoms with Gasteiger partial charge in [0.2, 0.25) is 17.8 Å². The predicted molar refractivity (Wildman–Crippen MR) is 98.9 cm³/mol. The second kappa shape index (κ2) is 9.34. The van der Waals surface area contributed by atoms with Crippen molar-refractivity contribution in [1.29, 1.82) is 0 Å². The molecule has 0 unspecified atom stereocenters. The first-order chi connectivity index (χ1) is 13.7. The van der Waals surface area contributed by atoms with Crippen LogP contribution in [0.3, 0.4) is 0 Å². The van der Waals surface area contributed by atoms with Crippen LogP contribution in [0.25, 0.3) is 11.0 Å². The molecule has 0 saturated carbocycles. The SMILES string of the molecule is Nc1nc2[nH]c(CC(=O)NCCC(=O)N[C@@H](CCC(=O)O)C(=O)O)cc2c(=O)[nH]1. The Hall–Kier alpha value is -3.90. The second-order valence-electron chi connectivity index (χ2n) is 6.18. The van der Waals surface area contributed by atoms with Crippen LogP contribution >= 0.6 is 0 Å². The molecule has 29 heavy (non-hydrogen) atoms. The third kappa shape index (κ3) is 6.34. The van der Waals surface area contributed by atoms with Gasteiger partial charge in [-0.25, -0.2) is 4.79 Å². The first-order valence-corrected chi connectivity index (χ1v) is 8.53. The summed E-state index contributed by atoms with van der Waals surface area (Å²) >= 11 is 0. The molecule has 8 N–H and O–H groups in total. The minimum absolute atomic E-state index is 0.0536. The standard InChI is InChI=1S/C16H20N6O7/c17-16-21-13-8(14(27)22-16)5-7(19-13)6-11(24)18-4-3-10(23)20-9(15(28)29)1-2-12(25)26/h5,9H,1-4,6H2,(H,18,24)(H,20,23)(H,25,26)(H,28,29)(H4,17,19,21,22,27)/t9-/m0/s1. The van der Waals surface area contributed by atoms with Crippen molar-refractivity contribution in [2.45, 2.75) is 31.7 Å². The molecule has 0 aliphatic heterocycles. The van der Waals surface area contributed by atoms with Crippen LogP contribution < -0.4 is 21.9 Å². The third-order valence-electron chi connectivity index (χ3n) is 3.88. The predicted octanol–water partition coefficient (Wildman–Crippen LogP) is -1.68. The molecular weight excluding hydrogens is 388 g/mol. The highest BCUT2D eigenvalue weighted by Gasteiger charge is 2.20. The molecule has 13 heteroatoms. The summed E-state index contributed by atoms with van der Waals surface area (Å²) < 4.78 is 0. The van der Waals surface area contributed by atoms with E-state index in [1.807, 2.05) is 0 Å². The number of aromatic nitrogens is 3. The lowest BCUT2D eigenvalue weighted by atomic mass is 10.1. The Bertz CT molecular complexity index is 995. The Balaban J connectivity index is 1.81. The van der Waals surface area contributed by atoms with E-state index >= 15 is 0 Å². The van der Waals surface area contributed by atoms with E-state index in [4.69, 9.17) is 15.9 Å². The quantitative estimate of drug-likeness (QED) is 0.238. The first-order valence-electron chi connectivity index (χ1n) is 8.53. The largest absolute Gasteiger partial charge is 0.481 e. The number of carboxylic acid groups (broad SMARTS) is 2. The van der Waals surface area contributed by atoms with Crippen molar-refractivity contribution in [3.8, 4) is 0 Å². The maximum absolute atomic E-state index is 12.0. The Morgan fingerprint density at radius 3 is 2.52 bits per heavy atom. The number of nitrogens with one attached hydrogen (secondary N) is 4. The number of carbonyl (C=O) groups excluding carboxylic acids is 2. The molecule has 2 amide bonds. The lowest BCUT2D eigenvalue weighted by molar-refractivity contribution is -0.143. The highest BCUT2D eigenvalue weighted by atomic mass is 16.4. The van der Waals surface area contributed by atoms with Crippen molar-refractivity contribution < 1.29 is 29.4 Å². The Kier molecular flexibility index (Phi) is 6.89. The van der Waals surface area contributed by atoms with E-state index in [1.54, 1.807) is 0 Å². The van der Waals surface area contributed by atoms with Crippen LogP contribution in [0.5, 0.6) is 0 Å². The number of carboxylic acids is 2. The number of anilines is 1. The molecule has 0 spiro atoms. The van der Waals surface area contributed by atoms with Gasteiger partial charge in [0.25, 0.3) is 5.56 Å². The molecule has 0 bridgehead atoms. The summed E-state index contributed by atoms with van der Waals surface area (Å²) in [6, 6.07) is 0.144. The zero-order valence-corrected chi connectivity index (χ0v) is 15.2. The van der Waals surface area contributed by atoms with E-state index in [9.17, 15) is 24.0 Å². The molecule has 0 radical (unpaired) electrons. The van der Waals surface area contributed by atoms with E-state index in [0.29, 0.717) is 5.69 Å². The van der Waals surface area contributed by atoms with Gasteiger partial charge in [-0.05, 0) is 12.5 Å². The van der Waals surface area contributed by atoms with Gasteiger partial charge in [-0.3, -0.25) is 24.2 Å². The average Bonchev–Trinajstić information content (AvgIpc) is 3.00. The average molecular weight is 408 g/mol. The molecule has 0 aliphatic carbocycles. The van der Waals surface area contributed by atoms with Gasteiger partial charge in [0.1, 0.15) is 11.7 Å². The number of fused-ring (bicyclic) bond motifs is 1. The van der Waals surface area contributed by atoms with Crippen molar-refractivity contribution in [2.75, 3.05) is 12.3 Å². The van der Waals surface area contributed by atoms with E-state index in [2.05, 4.69) is 25.6 Å². The van der Waals surface area contributed by atoms with Crippen molar-refractivity contribution >= 4 is 40.7 Å². The van der Waals surface area contributed by atoms with Gasteiger partial charge in [-0.1, -0.05) is 0 Å². The molecule has 2 aromatic rings. The summed E-state index contributed by atoms with van der Waals surface area (Å²) in [6.07, 6.45) is -0.941. The van der Waals surface area contributed by atoms with Crippen molar-refractivity contribution in [3.05, 3.63) is 22.1 Å². The van der Waals surface area contributed by atoms with Gasteiger partial charge in [0.15, 0.2) is 0 Å². The molecule has 0 aliphatic rings. The van der Waals surface area contributed by atoms with Gasteiger partial charge in [0, 0.05) is 25.1 Å². The molecule has 0 fully saturated rings. The molecule has 1 atom stereocenters. The number of nitrogens with two attached hydrogens (primary N) is 1. The fourth-order valence-electron chi connectivity index (χ4n) is 2.53. The Morgan fingerprint density at radius 2 is 1.86 bits per heavy atom. The summed E-state index contributed by atoms with van der Waals surface area (Å²) in [5, 5.41) is 22.5. The van der Waals surface area contributed by atoms with Crippen molar-refractivity contribution in [2.24, 2.45) is 0 Å². The number of aromatic amines is 2. The highest BCUT2D eigenvalue weighted by molar-refractivity contribution is 5.85. The normalized spacial score (nSPS) is 11.7. The molecule has 0 saturated heterocycles. The molecular formula is C16H20N6O7. The van der Waals surface area contributed by atoms with Crippen LogP contribution in [-0.4, -0.2) is 61.5 Å². The van der Waals surface area contributed by atoms with Crippen LogP contribution in [0.15, 0.2) is 10.9 Å². The summed E-state index contributed by atoms with van der Waals surface area (Å²) in [5.41, 5.74) is 5.67. The van der Waals surface area contributed by atoms with Gasteiger partial charge < -0.3 is 31.6 Å². The monoisotopic (exact) mass is 408 g/mol. The van der Waals surface area contributed by atoms with Gasteiger partial charge in [0.05, 0.1) is 11.8 Å². The van der Waals surface area contributed by atoms with Crippen molar-refractivity contribution in [3.63, 3.8) is 0 Å². The van der Waals surface area contributed by atoms with Crippen LogP contribution in [0.4, 0.5) is 5.95 Å². The van der Waals surface area contributed by atoms with Gasteiger partial charge >= 0.3 is 11.9 Å². The highest BCUT2D eigenvalue weighted by Crippen LogP contribution is 2.10. The van der Waals surface area contributed by atoms with E-state index in [-0.39, 0.29) is 42.8 Å². The molecule has 2 rings (SSSR count). The number of nitrogen functional groups attached to an aromatic ring is 1. The van der Waals surface area contributed by atoms with E-state index in [0.717, 1.165) is 0 Å².